The number of aromatic amines is 1. The highest BCUT2D eigenvalue weighted by atomic mass is 19.3. The van der Waals surface area contributed by atoms with Gasteiger partial charge in [-0.3, -0.25) is 9.69 Å². The van der Waals surface area contributed by atoms with E-state index in [9.17, 15) is 18.7 Å². The molecule has 200 valence electrons. The molecule has 0 bridgehead atoms. The Kier molecular flexibility index (Phi) is 9.60. The molecule has 0 amide bonds. The summed E-state index contributed by atoms with van der Waals surface area (Å²) in [4.78, 5) is 20.6. The molecule has 2 heterocycles. The number of alkyl halides is 2. The summed E-state index contributed by atoms with van der Waals surface area (Å²) >= 11 is 0. The Labute approximate surface area is 220 Å². The first-order valence-electron chi connectivity index (χ1n) is 12.7. The molecule has 2 unspecified atom stereocenters. The Balaban J connectivity index is 1.46. The van der Waals surface area contributed by atoms with Gasteiger partial charge in [-0.15, -0.1) is 0 Å². The summed E-state index contributed by atoms with van der Waals surface area (Å²) in [5, 5.41) is 13.0. The maximum atomic E-state index is 12.8. The number of halogens is 2. The van der Waals surface area contributed by atoms with Crippen LogP contribution in [0.5, 0.6) is 5.75 Å². The number of hydrogen-bond donors (Lipinski definition) is 3. The van der Waals surface area contributed by atoms with Crippen molar-refractivity contribution in [1.29, 1.82) is 0 Å². The van der Waals surface area contributed by atoms with Gasteiger partial charge in [-0.05, 0) is 42.3 Å². The summed E-state index contributed by atoms with van der Waals surface area (Å²) in [6.07, 6.45) is -1.07. The Hall–Kier alpha value is -3.58. The lowest BCUT2D eigenvalue weighted by Gasteiger charge is -2.26. The second kappa shape index (κ2) is 13.3. The number of ether oxygens (including phenoxy) is 1. The van der Waals surface area contributed by atoms with E-state index in [1.807, 2.05) is 36.4 Å². The number of H-pyrrole nitrogens is 1. The van der Waals surface area contributed by atoms with Crippen LogP contribution in [0.3, 0.4) is 0 Å². The average molecular weight is 523 g/mol. The highest BCUT2D eigenvalue weighted by molar-refractivity contribution is 5.44. The fourth-order valence-corrected chi connectivity index (χ4v) is 4.46. The van der Waals surface area contributed by atoms with Crippen molar-refractivity contribution in [1.82, 2.24) is 20.2 Å². The summed E-state index contributed by atoms with van der Waals surface area (Å²) in [5.74, 6) is 5.59. The van der Waals surface area contributed by atoms with E-state index in [0.717, 1.165) is 49.5 Å². The number of rotatable bonds is 9. The second-order valence-electron chi connectivity index (χ2n) is 9.38. The molecule has 0 aliphatic carbocycles. The van der Waals surface area contributed by atoms with Crippen LogP contribution < -0.4 is 10.9 Å². The van der Waals surface area contributed by atoms with Crippen molar-refractivity contribution in [2.24, 2.45) is 0 Å². The largest absolute Gasteiger partial charge is 0.502 e. The molecule has 0 spiro atoms. The number of aromatic nitrogens is 2. The molecule has 3 aromatic rings. The Morgan fingerprint density at radius 3 is 2.34 bits per heavy atom. The van der Waals surface area contributed by atoms with Crippen molar-refractivity contribution in [2.45, 2.75) is 38.3 Å². The van der Waals surface area contributed by atoms with E-state index in [0.29, 0.717) is 0 Å². The number of hydrogen-bond acceptors (Lipinski definition) is 6. The smallest absolute Gasteiger partial charge is 0.293 e. The summed E-state index contributed by atoms with van der Waals surface area (Å²) in [5.41, 5.74) is 3.41. The van der Waals surface area contributed by atoms with Crippen molar-refractivity contribution in [3.63, 3.8) is 0 Å². The maximum Gasteiger partial charge on any atom is 0.293 e. The third-order valence-corrected chi connectivity index (χ3v) is 6.67. The zero-order valence-electron chi connectivity index (χ0n) is 21.3. The van der Waals surface area contributed by atoms with E-state index in [2.05, 4.69) is 44.2 Å². The van der Waals surface area contributed by atoms with Crippen LogP contribution in [0.2, 0.25) is 0 Å². The van der Waals surface area contributed by atoms with Crippen molar-refractivity contribution in [3.8, 4) is 17.6 Å². The van der Waals surface area contributed by atoms with E-state index < -0.39 is 24.3 Å². The van der Waals surface area contributed by atoms with Gasteiger partial charge in [0.2, 0.25) is 5.75 Å². The van der Waals surface area contributed by atoms with E-state index in [-0.39, 0.29) is 24.1 Å². The lowest BCUT2D eigenvalue weighted by atomic mass is 9.87. The molecule has 1 aromatic heterocycles. The first-order valence-corrected chi connectivity index (χ1v) is 12.7. The molecule has 0 saturated carbocycles. The van der Waals surface area contributed by atoms with Crippen LogP contribution in [0.1, 0.15) is 40.8 Å². The van der Waals surface area contributed by atoms with Gasteiger partial charge in [0.25, 0.3) is 12.0 Å². The van der Waals surface area contributed by atoms with Crippen LogP contribution in [0.4, 0.5) is 8.78 Å². The van der Waals surface area contributed by atoms with Crippen molar-refractivity contribution in [2.75, 3.05) is 32.8 Å². The number of benzene rings is 2. The predicted molar refractivity (Wildman–Crippen MR) is 141 cm³/mol. The van der Waals surface area contributed by atoms with Gasteiger partial charge in [0, 0.05) is 49.1 Å². The highest BCUT2D eigenvalue weighted by Crippen LogP contribution is 2.26. The van der Waals surface area contributed by atoms with Gasteiger partial charge < -0.3 is 20.1 Å². The number of aromatic hydroxyl groups is 1. The Bertz CT molecular complexity index is 1290. The molecular weight excluding hydrogens is 490 g/mol. The summed E-state index contributed by atoms with van der Waals surface area (Å²) in [6, 6.07) is 15.4. The van der Waals surface area contributed by atoms with E-state index in [1.165, 1.54) is 11.9 Å². The second-order valence-corrected chi connectivity index (χ2v) is 9.38. The molecule has 2 aromatic carbocycles. The molecule has 1 aliphatic heterocycles. The van der Waals surface area contributed by atoms with Gasteiger partial charge in [-0.2, -0.15) is 0 Å². The fourth-order valence-electron chi connectivity index (χ4n) is 4.46. The molecule has 1 saturated heterocycles. The first-order chi connectivity index (χ1) is 18.4. The molecule has 3 N–H and O–H groups in total. The van der Waals surface area contributed by atoms with Gasteiger partial charge in [0.1, 0.15) is 0 Å². The number of nitrogens with one attached hydrogen (secondary N) is 2. The minimum Gasteiger partial charge on any atom is -0.502 e. The van der Waals surface area contributed by atoms with Gasteiger partial charge in [-0.1, -0.05) is 36.1 Å². The molecule has 1 aliphatic rings. The SMILES string of the molecule is CC(NCC(F)F)C(Cc1nc[nH]c(=O)c1O)c1ccc(C#Cc2ccc(CN3CCOCC3)cc2)cc1. The normalized spacial score (nSPS) is 15.6. The predicted octanol–water partition coefficient (Wildman–Crippen LogP) is 3.28. The van der Waals surface area contributed by atoms with Crippen LogP contribution in [0.15, 0.2) is 59.7 Å². The Morgan fingerprint density at radius 1 is 1.08 bits per heavy atom. The van der Waals surface area contributed by atoms with Gasteiger partial charge in [0.15, 0.2) is 0 Å². The van der Waals surface area contributed by atoms with Crippen molar-refractivity contribution < 1.29 is 18.6 Å². The molecule has 4 rings (SSSR count). The summed E-state index contributed by atoms with van der Waals surface area (Å²) < 4.78 is 31.1. The third kappa shape index (κ3) is 7.71. The minimum absolute atomic E-state index is 0.203. The van der Waals surface area contributed by atoms with E-state index in [1.54, 1.807) is 6.92 Å². The Morgan fingerprint density at radius 2 is 1.71 bits per heavy atom. The zero-order chi connectivity index (χ0) is 26.9. The first kappa shape index (κ1) is 27.5. The maximum absolute atomic E-state index is 12.8. The lowest BCUT2D eigenvalue weighted by molar-refractivity contribution is 0.0342. The van der Waals surface area contributed by atoms with Crippen LogP contribution in [-0.2, 0) is 17.7 Å². The number of nitrogens with zero attached hydrogens (tertiary/aromatic N) is 2. The van der Waals surface area contributed by atoms with Gasteiger partial charge in [0.05, 0.1) is 31.8 Å². The quantitative estimate of drug-likeness (QED) is 0.374. The van der Waals surface area contributed by atoms with Crippen LogP contribution in [-0.4, -0.2) is 65.3 Å². The average Bonchev–Trinajstić information content (AvgIpc) is 2.93. The van der Waals surface area contributed by atoms with Gasteiger partial charge >= 0.3 is 0 Å². The zero-order valence-corrected chi connectivity index (χ0v) is 21.3. The fraction of sp³-hybridized carbons (Fsp3) is 0.379. The highest BCUT2D eigenvalue weighted by Gasteiger charge is 2.23. The molecule has 1 fully saturated rings. The van der Waals surface area contributed by atoms with E-state index >= 15 is 0 Å². The van der Waals surface area contributed by atoms with Crippen LogP contribution >= 0.6 is 0 Å². The van der Waals surface area contributed by atoms with Crippen LogP contribution in [0, 0.1) is 11.8 Å². The summed E-state index contributed by atoms with van der Waals surface area (Å²) in [7, 11) is 0. The molecule has 7 nitrogen and oxygen atoms in total. The topological polar surface area (TPSA) is 90.5 Å². The molecule has 38 heavy (non-hydrogen) atoms. The van der Waals surface area contributed by atoms with E-state index in [4.69, 9.17) is 4.74 Å². The van der Waals surface area contributed by atoms with Crippen molar-refractivity contribution in [3.05, 3.63) is 93.2 Å². The third-order valence-electron chi connectivity index (χ3n) is 6.67. The minimum atomic E-state index is -2.49. The van der Waals surface area contributed by atoms with Crippen LogP contribution in [0.25, 0.3) is 0 Å². The number of morpholine rings is 1. The molecule has 2 atom stereocenters. The standard InChI is InChI=1S/C29H32F2N4O3/c1-20(32-17-27(30)31)25(16-26-28(36)29(37)34-19-33-26)24-10-8-22(9-11-24)3-2-21-4-6-23(7-5-21)18-35-12-14-38-15-13-35/h4-11,19-20,25,27,32,36H,12-18H2,1H3,(H,33,34,37). The molecule has 0 radical (unpaired) electrons. The van der Waals surface area contributed by atoms with Crippen molar-refractivity contribution >= 4 is 0 Å². The lowest BCUT2D eigenvalue weighted by Crippen LogP contribution is -2.36. The molecule has 9 heteroatoms. The summed E-state index contributed by atoms with van der Waals surface area (Å²) in [6.45, 7) is 5.69. The monoisotopic (exact) mass is 522 g/mol. The molecular formula is C29H32F2N4O3. The van der Waals surface area contributed by atoms with Gasteiger partial charge in [-0.25, -0.2) is 13.8 Å².